The summed E-state index contributed by atoms with van der Waals surface area (Å²) in [6, 6.07) is 9.75. The van der Waals surface area contributed by atoms with E-state index in [0.717, 1.165) is 42.8 Å². The van der Waals surface area contributed by atoms with E-state index >= 15 is 0 Å². The molecule has 2 heterocycles. The number of carbonyl (C=O) groups excluding carboxylic acids is 2. The fraction of sp³-hybridized carbons (Fsp3) is 0.348. The zero-order valence-corrected chi connectivity index (χ0v) is 19.7. The average Bonchev–Trinajstić information content (AvgIpc) is 3.51. The van der Waals surface area contributed by atoms with Gasteiger partial charge in [0.1, 0.15) is 16.5 Å². The molecule has 0 aliphatic rings. The molecule has 0 aliphatic carbocycles. The maximum atomic E-state index is 12.5. The molecule has 0 aliphatic heterocycles. The summed E-state index contributed by atoms with van der Waals surface area (Å²) in [6.45, 7) is 1.62. The summed E-state index contributed by atoms with van der Waals surface area (Å²) < 4.78 is 31.7. The molecule has 0 bridgehead atoms. The number of carboxylic acid groups (broad SMARTS) is 1. The number of benzene rings is 1. The van der Waals surface area contributed by atoms with Crippen molar-refractivity contribution in [2.45, 2.75) is 51.2 Å². The molecule has 3 rings (SSSR count). The van der Waals surface area contributed by atoms with Crippen LogP contribution in [0.25, 0.3) is 11.3 Å². The Bertz CT molecular complexity index is 1090. The minimum atomic E-state index is -5.08. The largest absolute Gasteiger partial charge is 0.490 e. The second-order valence-corrected chi connectivity index (χ2v) is 8.43. The average molecular weight is 511 g/mol. The minimum Gasteiger partial charge on any atom is -0.475 e. The van der Waals surface area contributed by atoms with Gasteiger partial charge in [0.05, 0.1) is 29.6 Å². The number of halogens is 3. The topological polar surface area (TPSA) is 125 Å². The van der Waals surface area contributed by atoms with Crippen molar-refractivity contribution in [1.82, 2.24) is 20.3 Å². The number of nitrogens with zero attached hydrogens (tertiary/aromatic N) is 2. The lowest BCUT2D eigenvalue weighted by atomic mass is 10.1. The number of carboxylic acids is 1. The molecular formula is C23H25F3N4O4S. The third-order valence-corrected chi connectivity index (χ3v) is 5.51. The summed E-state index contributed by atoms with van der Waals surface area (Å²) >= 11 is 1.31. The van der Waals surface area contributed by atoms with Crippen LogP contribution in [0.2, 0.25) is 0 Å². The van der Waals surface area contributed by atoms with Gasteiger partial charge in [-0.05, 0) is 25.3 Å². The first-order chi connectivity index (χ1) is 16.6. The molecule has 0 fully saturated rings. The first-order valence-corrected chi connectivity index (χ1v) is 11.5. The molecule has 1 amide bonds. The fourth-order valence-corrected chi connectivity index (χ4v) is 3.53. The van der Waals surface area contributed by atoms with Crippen molar-refractivity contribution in [2.75, 3.05) is 0 Å². The van der Waals surface area contributed by atoms with Crippen molar-refractivity contribution >= 4 is 29.0 Å². The van der Waals surface area contributed by atoms with Crippen molar-refractivity contribution in [3.05, 3.63) is 58.9 Å². The third-order valence-electron chi connectivity index (χ3n) is 4.74. The van der Waals surface area contributed by atoms with E-state index < -0.39 is 12.1 Å². The van der Waals surface area contributed by atoms with Crippen LogP contribution >= 0.6 is 11.3 Å². The molecule has 0 saturated carbocycles. The molecule has 12 heteroatoms. The Morgan fingerprint density at radius 2 is 1.80 bits per heavy atom. The van der Waals surface area contributed by atoms with Gasteiger partial charge in [0.25, 0.3) is 5.91 Å². The molecule has 0 spiro atoms. The molecule has 3 aromatic rings. The number of hydrogen-bond acceptors (Lipinski definition) is 6. The van der Waals surface area contributed by atoms with Crippen LogP contribution in [0.3, 0.4) is 0 Å². The van der Waals surface area contributed by atoms with Crippen LogP contribution < -0.4 is 5.32 Å². The second-order valence-electron chi connectivity index (χ2n) is 7.54. The lowest BCUT2D eigenvalue weighted by molar-refractivity contribution is -0.192. The van der Waals surface area contributed by atoms with Gasteiger partial charge in [-0.2, -0.15) is 13.2 Å². The van der Waals surface area contributed by atoms with Gasteiger partial charge in [-0.3, -0.25) is 9.78 Å². The number of aromatic nitrogens is 3. The van der Waals surface area contributed by atoms with Crippen molar-refractivity contribution in [3.8, 4) is 11.3 Å². The summed E-state index contributed by atoms with van der Waals surface area (Å²) in [4.78, 5) is 44.9. The van der Waals surface area contributed by atoms with E-state index in [9.17, 15) is 22.8 Å². The number of hydrogen-bond donors (Lipinski definition) is 3. The molecule has 0 unspecified atom stereocenters. The van der Waals surface area contributed by atoms with Crippen LogP contribution in [0.15, 0.2) is 48.2 Å². The van der Waals surface area contributed by atoms with Crippen LogP contribution in [-0.2, 0) is 9.59 Å². The molecule has 35 heavy (non-hydrogen) atoms. The Morgan fingerprint density at radius 3 is 2.37 bits per heavy atom. The summed E-state index contributed by atoms with van der Waals surface area (Å²) in [6.07, 6.45) is 2.37. The predicted molar refractivity (Wildman–Crippen MR) is 124 cm³/mol. The maximum Gasteiger partial charge on any atom is 0.490 e. The zero-order chi connectivity index (χ0) is 25.8. The summed E-state index contributed by atoms with van der Waals surface area (Å²) in [7, 11) is 0. The Balaban J connectivity index is 0.000000540. The number of Topliss-reactive ketones (excluding diaryl/α,β-unsaturated/α-hetero) is 1. The van der Waals surface area contributed by atoms with Crippen LogP contribution in [-0.4, -0.2) is 43.9 Å². The number of imidazole rings is 1. The van der Waals surface area contributed by atoms with Gasteiger partial charge >= 0.3 is 12.1 Å². The molecule has 8 nitrogen and oxygen atoms in total. The minimum absolute atomic E-state index is 0.145. The summed E-state index contributed by atoms with van der Waals surface area (Å²) in [5.74, 6) is -1.95. The molecule has 3 N–H and O–H groups in total. The third kappa shape index (κ3) is 9.69. The first kappa shape index (κ1) is 27.7. The highest BCUT2D eigenvalue weighted by atomic mass is 32.1. The molecule has 1 aromatic carbocycles. The number of rotatable bonds is 10. The number of carbonyl (C=O) groups is 3. The van der Waals surface area contributed by atoms with Crippen molar-refractivity contribution < 1.29 is 32.7 Å². The normalized spacial score (nSPS) is 11.8. The van der Waals surface area contributed by atoms with Gasteiger partial charge in [0.15, 0.2) is 0 Å². The molecule has 188 valence electrons. The van der Waals surface area contributed by atoms with Gasteiger partial charge in [0.2, 0.25) is 0 Å². The maximum absolute atomic E-state index is 12.5. The van der Waals surface area contributed by atoms with Crippen LogP contribution in [0, 0.1) is 0 Å². The van der Waals surface area contributed by atoms with Crippen LogP contribution in [0.1, 0.15) is 60.6 Å². The van der Waals surface area contributed by atoms with E-state index in [2.05, 4.69) is 20.3 Å². The number of ketones is 1. The monoisotopic (exact) mass is 510 g/mol. The summed E-state index contributed by atoms with van der Waals surface area (Å²) in [5, 5.41) is 10.2. The second kappa shape index (κ2) is 13.4. The lowest BCUT2D eigenvalue weighted by Crippen LogP contribution is -2.28. The van der Waals surface area contributed by atoms with E-state index in [1.165, 1.54) is 11.3 Å². The fourth-order valence-electron chi connectivity index (χ4n) is 3.01. The van der Waals surface area contributed by atoms with Crippen molar-refractivity contribution in [2.24, 2.45) is 0 Å². The molecule has 0 saturated heterocycles. The number of unbranched alkanes of at least 4 members (excludes halogenated alkanes) is 2. The van der Waals surface area contributed by atoms with E-state index in [1.807, 2.05) is 30.3 Å². The highest BCUT2D eigenvalue weighted by molar-refractivity contribution is 7.11. The zero-order valence-electron chi connectivity index (χ0n) is 18.8. The van der Waals surface area contributed by atoms with Gasteiger partial charge in [-0.15, -0.1) is 11.3 Å². The van der Waals surface area contributed by atoms with E-state index in [-0.39, 0.29) is 17.7 Å². The van der Waals surface area contributed by atoms with Gasteiger partial charge in [-0.1, -0.05) is 43.2 Å². The Labute approximate surface area is 203 Å². The van der Waals surface area contributed by atoms with Gasteiger partial charge < -0.3 is 20.2 Å². The predicted octanol–water partition coefficient (Wildman–Crippen LogP) is 5.18. The highest BCUT2D eigenvalue weighted by Gasteiger charge is 2.38. The number of alkyl halides is 3. The standard InChI is InChI=1S/C21H24N4O2S.C2HF3O2/c1-15(26)8-4-2-7-11-17(25-21(27)19-13-22-14-28-19)20-23-12-18(24-20)16-9-5-3-6-10-16;3-2(4,5)1(6)7/h3,5-6,9-10,12-14,17H,2,4,7-8,11H2,1H3,(H,23,24)(H,25,27);(H,6,7)/t17-;/m0./s1. The quantitative estimate of drug-likeness (QED) is 0.323. The number of nitrogens with one attached hydrogen (secondary N) is 2. The van der Waals surface area contributed by atoms with Crippen LogP contribution in [0.5, 0.6) is 0 Å². The first-order valence-electron chi connectivity index (χ1n) is 10.7. The molecule has 0 radical (unpaired) electrons. The Hall–Kier alpha value is -3.54. The van der Waals surface area contributed by atoms with Crippen LogP contribution in [0.4, 0.5) is 13.2 Å². The van der Waals surface area contributed by atoms with Crippen molar-refractivity contribution in [1.29, 1.82) is 0 Å². The number of amides is 1. The lowest BCUT2D eigenvalue weighted by Gasteiger charge is -2.16. The van der Waals surface area contributed by atoms with Crippen molar-refractivity contribution in [3.63, 3.8) is 0 Å². The number of H-pyrrole nitrogens is 1. The number of aliphatic carboxylic acids is 1. The van der Waals surface area contributed by atoms with E-state index in [0.29, 0.717) is 11.3 Å². The highest BCUT2D eigenvalue weighted by Crippen LogP contribution is 2.23. The van der Waals surface area contributed by atoms with Gasteiger partial charge in [0, 0.05) is 6.42 Å². The summed E-state index contributed by atoms with van der Waals surface area (Å²) in [5.41, 5.74) is 3.62. The smallest absolute Gasteiger partial charge is 0.475 e. The molecular weight excluding hydrogens is 485 g/mol. The molecule has 2 aromatic heterocycles. The number of aromatic amines is 1. The van der Waals surface area contributed by atoms with E-state index in [4.69, 9.17) is 9.90 Å². The SMILES string of the molecule is CC(=O)CCCCC[C@H](NC(=O)c1cncs1)c1ncc(-c2ccccc2)[nH]1.O=C(O)C(F)(F)F. The van der Waals surface area contributed by atoms with E-state index in [1.54, 1.807) is 24.8 Å². The number of thiazole rings is 1. The molecule has 1 atom stereocenters. The van der Waals surface area contributed by atoms with Gasteiger partial charge in [-0.25, -0.2) is 9.78 Å². The Morgan fingerprint density at radius 1 is 1.11 bits per heavy atom. The Kier molecular flexibility index (Phi) is 10.6.